The maximum absolute atomic E-state index is 14.0. The first-order chi connectivity index (χ1) is 12.3. The van der Waals surface area contributed by atoms with Gasteiger partial charge in [-0.1, -0.05) is 24.3 Å². The highest BCUT2D eigenvalue weighted by Gasteiger charge is 2.73. The topological polar surface area (TPSA) is 29.1 Å². The molecule has 0 saturated carbocycles. The molecule has 2 nitrogen and oxygen atoms in total. The van der Waals surface area contributed by atoms with E-state index in [1.54, 1.807) is 0 Å². The number of halogens is 8. The number of rotatable bonds is 3. The Balaban J connectivity index is 2.41. The smallest absolute Gasteiger partial charge is 0.322 e. The molecule has 2 rings (SSSR count). The highest BCUT2D eigenvalue weighted by Crippen LogP contribution is 2.53. The molecular formula is C17H11F8NO. The molecule has 0 fully saturated rings. The van der Waals surface area contributed by atoms with Crippen LogP contribution < -0.4 is 5.32 Å². The van der Waals surface area contributed by atoms with Crippen molar-refractivity contribution in [1.82, 2.24) is 0 Å². The van der Waals surface area contributed by atoms with Crippen molar-refractivity contribution in [2.45, 2.75) is 24.9 Å². The molecule has 1 amide bonds. The molecule has 0 aliphatic carbocycles. The minimum atomic E-state index is -6.24. The lowest BCUT2D eigenvalue weighted by Crippen LogP contribution is -2.50. The summed E-state index contributed by atoms with van der Waals surface area (Å²) in [6.45, 7) is 1.08. The number of nitrogens with one attached hydrogen (secondary N) is 1. The van der Waals surface area contributed by atoms with Crippen LogP contribution in [0.2, 0.25) is 0 Å². The van der Waals surface area contributed by atoms with Gasteiger partial charge in [0, 0.05) is 11.3 Å². The van der Waals surface area contributed by atoms with Gasteiger partial charge in [-0.25, -0.2) is 8.78 Å². The van der Waals surface area contributed by atoms with Gasteiger partial charge in [-0.05, 0) is 30.7 Å². The average Bonchev–Trinajstić information content (AvgIpc) is 2.54. The van der Waals surface area contributed by atoms with Gasteiger partial charge in [-0.2, -0.15) is 26.3 Å². The van der Waals surface area contributed by atoms with Crippen LogP contribution in [0.4, 0.5) is 40.8 Å². The number of amides is 1. The van der Waals surface area contributed by atoms with Gasteiger partial charge < -0.3 is 5.32 Å². The monoisotopic (exact) mass is 397 g/mol. The Kier molecular flexibility index (Phi) is 5.22. The predicted octanol–water partition coefficient (Wildman–Crippen LogP) is 5.68. The molecule has 2 aromatic rings. The van der Waals surface area contributed by atoms with E-state index in [4.69, 9.17) is 0 Å². The summed E-state index contributed by atoms with van der Waals surface area (Å²) in [6, 6.07) is 6.10. The molecule has 0 aliphatic heterocycles. The maximum Gasteiger partial charge on any atom is 0.435 e. The van der Waals surface area contributed by atoms with E-state index in [1.165, 1.54) is 12.1 Å². The highest BCUT2D eigenvalue weighted by molar-refractivity contribution is 6.04. The Morgan fingerprint density at radius 1 is 0.889 bits per heavy atom. The van der Waals surface area contributed by atoms with Gasteiger partial charge in [0.25, 0.3) is 5.91 Å². The zero-order valence-electron chi connectivity index (χ0n) is 13.5. The van der Waals surface area contributed by atoms with Gasteiger partial charge >= 0.3 is 18.0 Å². The van der Waals surface area contributed by atoms with Crippen LogP contribution in [-0.2, 0) is 5.67 Å². The third kappa shape index (κ3) is 3.74. The number of anilines is 1. The van der Waals surface area contributed by atoms with Crippen LogP contribution in [-0.4, -0.2) is 18.3 Å². The molecular weight excluding hydrogens is 386 g/mol. The van der Waals surface area contributed by atoms with E-state index < -0.39 is 35.3 Å². The number of carbonyl (C=O) groups is 1. The largest absolute Gasteiger partial charge is 0.435 e. The lowest BCUT2D eigenvalue weighted by Gasteiger charge is -2.30. The first-order valence-corrected chi connectivity index (χ1v) is 7.28. The molecule has 0 spiro atoms. The fraction of sp³-hybridized carbons (Fsp3) is 0.235. The SMILES string of the molecule is Cc1cc(C(F)(C(F)(F)F)C(F)(F)F)ccc1NC(=O)c1ccccc1F. The van der Waals surface area contributed by atoms with Gasteiger partial charge in [-0.15, -0.1) is 0 Å². The van der Waals surface area contributed by atoms with E-state index in [1.807, 2.05) is 0 Å². The lowest BCUT2D eigenvalue weighted by atomic mass is 9.92. The molecule has 0 saturated heterocycles. The third-order valence-corrected chi connectivity index (χ3v) is 3.77. The van der Waals surface area contributed by atoms with Crippen LogP contribution in [0.3, 0.4) is 0 Å². The normalized spacial score (nSPS) is 12.8. The second kappa shape index (κ2) is 6.82. The summed E-state index contributed by atoms with van der Waals surface area (Å²) in [6.07, 6.45) is -12.5. The van der Waals surface area contributed by atoms with Crippen LogP contribution in [0.25, 0.3) is 0 Å². The Morgan fingerprint density at radius 3 is 1.93 bits per heavy atom. The van der Waals surface area contributed by atoms with Gasteiger partial charge in [0.2, 0.25) is 0 Å². The zero-order valence-corrected chi connectivity index (χ0v) is 13.5. The van der Waals surface area contributed by atoms with Crippen molar-refractivity contribution >= 4 is 11.6 Å². The van der Waals surface area contributed by atoms with E-state index in [2.05, 4.69) is 5.32 Å². The Bertz CT molecular complexity index is 843. The summed E-state index contributed by atoms with van der Waals surface area (Å²) >= 11 is 0. The Morgan fingerprint density at radius 2 is 1.44 bits per heavy atom. The van der Waals surface area contributed by atoms with E-state index in [0.717, 1.165) is 19.1 Å². The van der Waals surface area contributed by atoms with Crippen molar-refractivity contribution in [2.24, 2.45) is 0 Å². The number of aryl methyl sites for hydroxylation is 1. The first kappa shape index (κ1) is 20.7. The molecule has 0 atom stereocenters. The molecule has 10 heteroatoms. The summed E-state index contributed by atoms with van der Waals surface area (Å²) in [7, 11) is 0. The molecule has 0 bridgehead atoms. The standard InChI is InChI=1S/C17H11F8NO/c1-9-8-10(15(19,16(20,21)22)17(23,24)25)6-7-13(9)26-14(27)11-4-2-3-5-12(11)18/h2-8H,1H3,(H,26,27). The predicted molar refractivity (Wildman–Crippen MR) is 80.4 cm³/mol. The number of carbonyl (C=O) groups excluding carboxylic acids is 1. The Labute approximate surface area is 147 Å². The average molecular weight is 397 g/mol. The van der Waals surface area contributed by atoms with Gasteiger partial charge in [0.05, 0.1) is 5.56 Å². The van der Waals surface area contributed by atoms with Crippen molar-refractivity contribution in [3.05, 3.63) is 65.0 Å². The van der Waals surface area contributed by atoms with E-state index in [-0.39, 0.29) is 22.9 Å². The van der Waals surface area contributed by atoms with Gasteiger partial charge in [0.1, 0.15) is 5.82 Å². The van der Waals surface area contributed by atoms with Gasteiger partial charge in [0.15, 0.2) is 0 Å². The molecule has 2 aromatic carbocycles. The number of alkyl halides is 7. The van der Waals surface area contributed by atoms with E-state index in [9.17, 15) is 39.9 Å². The molecule has 0 radical (unpaired) electrons. The first-order valence-electron chi connectivity index (χ1n) is 7.28. The molecule has 0 unspecified atom stereocenters. The molecule has 0 aliphatic rings. The minimum Gasteiger partial charge on any atom is -0.322 e. The van der Waals surface area contributed by atoms with Crippen LogP contribution in [0.1, 0.15) is 21.5 Å². The Hall–Kier alpha value is -2.65. The lowest BCUT2D eigenvalue weighted by molar-refractivity contribution is -0.348. The van der Waals surface area contributed by atoms with Crippen LogP contribution in [0, 0.1) is 12.7 Å². The summed E-state index contributed by atoms with van der Waals surface area (Å²) in [4.78, 5) is 12.0. The molecule has 1 N–H and O–H groups in total. The molecule has 27 heavy (non-hydrogen) atoms. The van der Waals surface area contributed by atoms with Crippen molar-refractivity contribution < 1.29 is 39.9 Å². The summed E-state index contributed by atoms with van der Waals surface area (Å²) < 4.78 is 104. The quantitative estimate of drug-likeness (QED) is 0.664. The van der Waals surface area contributed by atoms with Crippen LogP contribution >= 0.6 is 0 Å². The van der Waals surface area contributed by atoms with Crippen molar-refractivity contribution in [3.8, 4) is 0 Å². The zero-order chi connectivity index (χ0) is 20.6. The van der Waals surface area contributed by atoms with Crippen LogP contribution in [0.5, 0.6) is 0 Å². The van der Waals surface area contributed by atoms with E-state index >= 15 is 0 Å². The summed E-state index contributed by atoms with van der Waals surface area (Å²) in [5, 5.41) is 2.16. The van der Waals surface area contributed by atoms with E-state index in [0.29, 0.717) is 12.1 Å². The van der Waals surface area contributed by atoms with Crippen LogP contribution in [0.15, 0.2) is 42.5 Å². The number of hydrogen-bond acceptors (Lipinski definition) is 1. The highest BCUT2D eigenvalue weighted by atomic mass is 19.4. The number of benzene rings is 2. The second-order valence-corrected chi connectivity index (χ2v) is 5.62. The summed E-state index contributed by atoms with van der Waals surface area (Å²) in [5.41, 5.74) is -8.10. The minimum absolute atomic E-state index is 0.196. The fourth-order valence-corrected chi connectivity index (χ4v) is 2.34. The maximum atomic E-state index is 14.0. The second-order valence-electron chi connectivity index (χ2n) is 5.62. The number of hydrogen-bond donors (Lipinski definition) is 1. The molecule has 0 aromatic heterocycles. The summed E-state index contributed by atoms with van der Waals surface area (Å²) in [5.74, 6) is -1.84. The van der Waals surface area contributed by atoms with Gasteiger partial charge in [-0.3, -0.25) is 4.79 Å². The van der Waals surface area contributed by atoms with Crippen molar-refractivity contribution in [1.29, 1.82) is 0 Å². The molecule has 0 heterocycles. The molecule has 146 valence electrons. The van der Waals surface area contributed by atoms with Crippen molar-refractivity contribution in [3.63, 3.8) is 0 Å². The third-order valence-electron chi connectivity index (χ3n) is 3.77. The fourth-order valence-electron chi connectivity index (χ4n) is 2.34. The van der Waals surface area contributed by atoms with Crippen molar-refractivity contribution in [2.75, 3.05) is 5.32 Å².